The van der Waals surface area contributed by atoms with Gasteiger partial charge in [-0.3, -0.25) is 9.69 Å². The number of β-lactam (4-membered cyclic amide) rings is 1. The molecule has 0 saturated carbocycles. The zero-order valence-electron chi connectivity index (χ0n) is 14.4. The van der Waals surface area contributed by atoms with Gasteiger partial charge in [-0.05, 0) is 17.7 Å². The van der Waals surface area contributed by atoms with E-state index in [2.05, 4.69) is 4.99 Å². The van der Waals surface area contributed by atoms with Crippen LogP contribution in [0.4, 0.5) is 11.4 Å². The van der Waals surface area contributed by atoms with Gasteiger partial charge in [0.2, 0.25) is 0 Å². The molecule has 2 aromatic rings. The van der Waals surface area contributed by atoms with Crippen LogP contribution in [0.5, 0.6) is 0 Å². The van der Waals surface area contributed by atoms with E-state index in [1.54, 1.807) is 23.1 Å². The average molecular weight is 370 g/mol. The summed E-state index contributed by atoms with van der Waals surface area (Å²) in [7, 11) is -2.08. The Balaban J connectivity index is 2.03. The lowest BCUT2D eigenvalue weighted by Crippen LogP contribution is -2.73. The highest BCUT2D eigenvalue weighted by molar-refractivity contribution is 8.05. The van der Waals surface area contributed by atoms with Gasteiger partial charge in [0.1, 0.15) is 10.6 Å². The van der Waals surface area contributed by atoms with Crippen LogP contribution in [0.3, 0.4) is 0 Å². The van der Waals surface area contributed by atoms with Crippen LogP contribution in [0.1, 0.15) is 12.0 Å². The Morgan fingerprint density at radius 1 is 1.12 bits per heavy atom. The maximum absolute atomic E-state index is 12.9. The number of nitrogens with zero attached hydrogens (tertiary/aromatic N) is 2. The number of carbonyl (C=O) groups is 1. The second-order valence-corrected chi connectivity index (χ2v) is 8.54. The van der Waals surface area contributed by atoms with Crippen LogP contribution in [0.25, 0.3) is 0 Å². The van der Waals surface area contributed by atoms with Gasteiger partial charge >= 0.3 is 0 Å². The third-order valence-electron chi connectivity index (χ3n) is 5.00. The fraction of sp³-hybridized carbons (Fsp3) is 0.263. The first kappa shape index (κ1) is 16.9. The molecule has 0 aromatic heterocycles. The Labute approximate surface area is 152 Å². The lowest BCUT2D eigenvalue weighted by atomic mass is 9.72. The number of hydrogen-bond acceptors (Lipinski definition) is 5. The van der Waals surface area contributed by atoms with Crippen molar-refractivity contribution in [2.45, 2.75) is 18.1 Å². The summed E-state index contributed by atoms with van der Waals surface area (Å²) < 4.78 is 30.3. The van der Waals surface area contributed by atoms with Gasteiger partial charge in [0.25, 0.3) is 5.91 Å². The van der Waals surface area contributed by atoms with Crippen LogP contribution in [0, 0.1) is 0 Å². The minimum atomic E-state index is -3.55. The fourth-order valence-corrected chi connectivity index (χ4v) is 4.59. The van der Waals surface area contributed by atoms with Gasteiger partial charge in [-0.15, -0.1) is 0 Å². The third-order valence-corrected chi connectivity index (χ3v) is 6.09. The number of para-hydroxylation sites is 2. The van der Waals surface area contributed by atoms with E-state index < -0.39 is 21.5 Å². The minimum Gasteiger partial charge on any atom is -0.369 e. The molecule has 6 nitrogen and oxygen atoms in total. The molecule has 4 rings (SSSR count). The Bertz CT molecular complexity index is 1020. The van der Waals surface area contributed by atoms with Gasteiger partial charge in [-0.25, -0.2) is 13.4 Å². The van der Waals surface area contributed by atoms with E-state index in [1.807, 2.05) is 36.4 Å². The molecule has 26 heavy (non-hydrogen) atoms. The second-order valence-electron chi connectivity index (χ2n) is 6.52. The van der Waals surface area contributed by atoms with Crippen molar-refractivity contribution in [3.05, 3.63) is 60.2 Å². The van der Waals surface area contributed by atoms with Crippen LogP contribution in [0.15, 0.2) is 59.6 Å². The van der Waals surface area contributed by atoms with E-state index in [4.69, 9.17) is 4.74 Å². The van der Waals surface area contributed by atoms with E-state index in [9.17, 15) is 13.2 Å². The fourth-order valence-electron chi connectivity index (χ4n) is 3.85. The Morgan fingerprint density at radius 2 is 1.77 bits per heavy atom. The zero-order valence-corrected chi connectivity index (χ0v) is 15.2. The van der Waals surface area contributed by atoms with Crippen molar-refractivity contribution in [3.8, 4) is 0 Å². The largest absolute Gasteiger partial charge is 0.369 e. The normalized spacial score (nSPS) is 24.8. The number of fused-ring (bicyclic) bond motifs is 3. The maximum atomic E-state index is 12.9. The number of benzene rings is 2. The molecule has 2 heterocycles. The van der Waals surface area contributed by atoms with Gasteiger partial charge < -0.3 is 4.74 Å². The summed E-state index contributed by atoms with van der Waals surface area (Å²) in [6.45, 7) is 0. The van der Waals surface area contributed by atoms with Crippen LogP contribution in [-0.2, 0) is 24.9 Å². The summed E-state index contributed by atoms with van der Waals surface area (Å²) in [5.74, 6) is -0.200. The standard InChI is InChI=1S/C19H18N2O4S/c1-25-17-18(22)21-15-11-7-6-10-14(15)20-16(26(2,23)24)12-19(17,21)13-8-4-3-5-9-13/h3-11,17H,12H2,1-2H3. The number of ether oxygens (including phenoxy) is 1. The Kier molecular flexibility index (Phi) is 3.75. The summed E-state index contributed by atoms with van der Waals surface area (Å²) in [5.41, 5.74) is 0.933. The minimum absolute atomic E-state index is 0.0471. The molecule has 0 aliphatic carbocycles. The number of methoxy groups -OCH3 is 1. The maximum Gasteiger partial charge on any atom is 0.259 e. The first-order valence-electron chi connectivity index (χ1n) is 8.18. The number of anilines is 1. The SMILES string of the molecule is COC1C(=O)N2c3ccccc3N=C(S(C)(=O)=O)CC12c1ccccc1. The van der Waals surface area contributed by atoms with Gasteiger partial charge in [-0.1, -0.05) is 42.5 Å². The summed E-state index contributed by atoms with van der Waals surface area (Å²) in [6.07, 6.45) is 0.433. The highest BCUT2D eigenvalue weighted by atomic mass is 32.2. The summed E-state index contributed by atoms with van der Waals surface area (Å²) in [4.78, 5) is 18.9. The lowest BCUT2D eigenvalue weighted by molar-refractivity contribution is -0.147. The van der Waals surface area contributed by atoms with Gasteiger partial charge in [0.05, 0.1) is 11.4 Å². The van der Waals surface area contributed by atoms with Crippen LogP contribution < -0.4 is 4.90 Å². The molecule has 7 heteroatoms. The molecular weight excluding hydrogens is 352 g/mol. The van der Waals surface area contributed by atoms with E-state index in [1.165, 1.54) is 7.11 Å². The molecule has 1 saturated heterocycles. The molecule has 134 valence electrons. The highest BCUT2D eigenvalue weighted by Crippen LogP contribution is 2.53. The smallest absolute Gasteiger partial charge is 0.259 e. The molecule has 0 bridgehead atoms. The van der Waals surface area contributed by atoms with E-state index in [0.29, 0.717) is 11.4 Å². The molecule has 2 aliphatic heterocycles. The van der Waals surface area contributed by atoms with Crippen LogP contribution in [0.2, 0.25) is 0 Å². The quantitative estimate of drug-likeness (QED) is 0.761. The number of amides is 1. The number of aliphatic imine (C=N–C) groups is 1. The van der Waals surface area contributed by atoms with E-state index in [-0.39, 0.29) is 17.4 Å². The number of sulfone groups is 1. The summed E-state index contributed by atoms with van der Waals surface area (Å²) in [6, 6.07) is 16.5. The van der Waals surface area contributed by atoms with Crippen molar-refractivity contribution in [2.24, 2.45) is 4.99 Å². The number of hydrogen-bond donors (Lipinski definition) is 0. The van der Waals surface area contributed by atoms with Gasteiger partial charge in [-0.2, -0.15) is 0 Å². The summed E-state index contributed by atoms with van der Waals surface area (Å²) >= 11 is 0. The summed E-state index contributed by atoms with van der Waals surface area (Å²) in [5, 5.41) is 0.0471. The molecule has 2 atom stereocenters. The monoisotopic (exact) mass is 370 g/mol. The Hall–Kier alpha value is -2.51. The molecule has 1 fully saturated rings. The first-order chi connectivity index (χ1) is 12.4. The van der Waals surface area contributed by atoms with Crippen LogP contribution in [-0.4, -0.2) is 38.8 Å². The third kappa shape index (κ3) is 2.24. The van der Waals surface area contributed by atoms with Gasteiger partial charge in [0, 0.05) is 19.8 Å². The van der Waals surface area contributed by atoms with E-state index >= 15 is 0 Å². The van der Waals surface area contributed by atoms with Crippen molar-refractivity contribution >= 4 is 32.2 Å². The first-order valence-corrected chi connectivity index (χ1v) is 10.1. The lowest BCUT2D eigenvalue weighted by Gasteiger charge is -2.56. The second kappa shape index (κ2) is 5.75. The molecule has 2 unspecified atom stereocenters. The molecule has 0 radical (unpaired) electrons. The van der Waals surface area contributed by atoms with Crippen LogP contribution >= 0.6 is 0 Å². The van der Waals surface area contributed by atoms with Crippen molar-refractivity contribution in [1.82, 2.24) is 0 Å². The predicted octanol–water partition coefficient (Wildman–Crippen LogP) is 2.42. The van der Waals surface area contributed by atoms with Crippen molar-refractivity contribution in [3.63, 3.8) is 0 Å². The zero-order chi connectivity index (χ0) is 18.5. The molecule has 2 aromatic carbocycles. The average Bonchev–Trinajstić information content (AvgIpc) is 2.75. The predicted molar refractivity (Wildman–Crippen MR) is 99.4 cm³/mol. The Morgan fingerprint density at radius 3 is 2.42 bits per heavy atom. The molecule has 1 amide bonds. The molecular formula is C19H18N2O4S. The molecule has 2 aliphatic rings. The van der Waals surface area contributed by atoms with Crippen molar-refractivity contribution in [1.29, 1.82) is 0 Å². The number of carbonyl (C=O) groups excluding carboxylic acids is 1. The molecule has 0 N–H and O–H groups in total. The molecule has 0 spiro atoms. The van der Waals surface area contributed by atoms with Gasteiger partial charge in [0.15, 0.2) is 15.9 Å². The number of rotatable bonds is 2. The van der Waals surface area contributed by atoms with E-state index in [0.717, 1.165) is 11.8 Å². The highest BCUT2D eigenvalue weighted by Gasteiger charge is 2.64. The van der Waals surface area contributed by atoms with Crippen molar-refractivity contribution in [2.75, 3.05) is 18.3 Å². The van der Waals surface area contributed by atoms with Crippen molar-refractivity contribution < 1.29 is 17.9 Å². The topological polar surface area (TPSA) is 76.0 Å².